The van der Waals surface area contributed by atoms with Gasteiger partial charge in [-0.2, -0.15) is 0 Å². The zero-order chi connectivity index (χ0) is 15.8. The largest absolute Gasteiger partial charge is 0.469 e. The van der Waals surface area contributed by atoms with E-state index in [0.29, 0.717) is 12.5 Å². The van der Waals surface area contributed by atoms with Gasteiger partial charge in [0.05, 0.1) is 13.2 Å². The van der Waals surface area contributed by atoms with E-state index in [2.05, 4.69) is 11.7 Å². The zero-order valence-corrected chi connectivity index (χ0v) is 14.5. The maximum absolute atomic E-state index is 11.0. The van der Waals surface area contributed by atoms with Crippen LogP contribution in [0.1, 0.15) is 90.4 Å². The molecule has 3 nitrogen and oxygen atoms in total. The van der Waals surface area contributed by atoms with E-state index in [1.165, 1.54) is 58.5 Å². The van der Waals surface area contributed by atoms with E-state index in [1.54, 1.807) is 0 Å². The van der Waals surface area contributed by atoms with Crippen molar-refractivity contribution in [2.24, 2.45) is 0 Å². The standard InChI is InChI=1S/C18H36O3/c1-4-5-6-7-8-9-11-14-17(20-2)15-12-10-13-16-18(19)21-3/h17H,4-16H2,1-3H3/t17-/m1/s1. The molecule has 0 saturated heterocycles. The molecule has 0 aromatic rings. The number of methoxy groups -OCH3 is 2. The first-order chi connectivity index (χ1) is 10.2. The van der Waals surface area contributed by atoms with Crippen molar-refractivity contribution in [2.45, 2.75) is 96.5 Å². The summed E-state index contributed by atoms with van der Waals surface area (Å²) in [4.78, 5) is 11.0. The van der Waals surface area contributed by atoms with Gasteiger partial charge in [-0.1, -0.05) is 64.7 Å². The van der Waals surface area contributed by atoms with Gasteiger partial charge in [0.2, 0.25) is 0 Å². The van der Waals surface area contributed by atoms with Crippen LogP contribution >= 0.6 is 0 Å². The SMILES string of the molecule is CCCCCCCCC[C@H](CCCCCC(=O)OC)OC. The number of unbranched alkanes of at least 4 members (excludes halogenated alkanes) is 8. The quantitative estimate of drug-likeness (QED) is 0.305. The highest BCUT2D eigenvalue weighted by Crippen LogP contribution is 2.15. The Morgan fingerprint density at radius 3 is 1.86 bits per heavy atom. The van der Waals surface area contributed by atoms with Crippen molar-refractivity contribution in [2.75, 3.05) is 14.2 Å². The number of carbonyl (C=O) groups is 1. The lowest BCUT2D eigenvalue weighted by atomic mass is 10.0. The normalized spacial score (nSPS) is 12.3. The molecule has 0 N–H and O–H groups in total. The van der Waals surface area contributed by atoms with E-state index >= 15 is 0 Å². The molecular formula is C18H36O3. The van der Waals surface area contributed by atoms with Crippen molar-refractivity contribution in [3.63, 3.8) is 0 Å². The van der Waals surface area contributed by atoms with E-state index in [9.17, 15) is 4.79 Å². The summed E-state index contributed by atoms with van der Waals surface area (Å²) in [5, 5.41) is 0. The molecule has 0 aliphatic rings. The van der Waals surface area contributed by atoms with Crippen LogP contribution in [0.4, 0.5) is 0 Å². The Kier molecular flexibility index (Phi) is 15.4. The van der Waals surface area contributed by atoms with Crippen LogP contribution in [-0.4, -0.2) is 26.3 Å². The third-order valence-electron chi connectivity index (χ3n) is 4.10. The number of hydrogen-bond donors (Lipinski definition) is 0. The summed E-state index contributed by atoms with van der Waals surface area (Å²) in [6.07, 6.45) is 15.9. The molecule has 0 aliphatic heterocycles. The minimum atomic E-state index is -0.0960. The van der Waals surface area contributed by atoms with Crippen LogP contribution in [0.5, 0.6) is 0 Å². The molecule has 0 bridgehead atoms. The lowest BCUT2D eigenvalue weighted by molar-refractivity contribution is -0.140. The third-order valence-corrected chi connectivity index (χ3v) is 4.10. The van der Waals surface area contributed by atoms with Gasteiger partial charge in [0.15, 0.2) is 0 Å². The molecule has 0 unspecified atom stereocenters. The summed E-state index contributed by atoms with van der Waals surface area (Å²) in [5.41, 5.74) is 0. The number of rotatable bonds is 15. The Balaban J connectivity index is 3.39. The first-order valence-corrected chi connectivity index (χ1v) is 8.84. The van der Waals surface area contributed by atoms with Gasteiger partial charge in [-0.15, -0.1) is 0 Å². The fourth-order valence-corrected chi connectivity index (χ4v) is 2.63. The zero-order valence-electron chi connectivity index (χ0n) is 14.5. The molecule has 0 radical (unpaired) electrons. The molecule has 0 amide bonds. The first kappa shape index (κ1) is 20.4. The summed E-state index contributed by atoms with van der Waals surface area (Å²) in [6, 6.07) is 0. The molecule has 0 heterocycles. The average molecular weight is 300 g/mol. The van der Waals surface area contributed by atoms with Crippen LogP contribution in [0.15, 0.2) is 0 Å². The Morgan fingerprint density at radius 1 is 0.810 bits per heavy atom. The lowest BCUT2D eigenvalue weighted by Crippen LogP contribution is -2.10. The molecule has 21 heavy (non-hydrogen) atoms. The Bertz CT molecular complexity index is 229. The van der Waals surface area contributed by atoms with Crippen molar-refractivity contribution < 1.29 is 14.3 Å². The predicted octanol–water partition coefficient (Wildman–Crippen LogP) is 5.27. The van der Waals surface area contributed by atoms with Crippen molar-refractivity contribution in [1.29, 1.82) is 0 Å². The summed E-state index contributed by atoms with van der Waals surface area (Å²) in [5.74, 6) is -0.0960. The molecule has 0 aromatic carbocycles. The average Bonchev–Trinajstić information content (AvgIpc) is 2.51. The van der Waals surface area contributed by atoms with Crippen molar-refractivity contribution in [1.82, 2.24) is 0 Å². The van der Waals surface area contributed by atoms with Crippen molar-refractivity contribution in [3.8, 4) is 0 Å². The highest BCUT2D eigenvalue weighted by atomic mass is 16.5. The molecule has 0 aliphatic carbocycles. The summed E-state index contributed by atoms with van der Waals surface area (Å²) < 4.78 is 10.2. The molecule has 126 valence electrons. The first-order valence-electron chi connectivity index (χ1n) is 8.84. The maximum Gasteiger partial charge on any atom is 0.305 e. The summed E-state index contributed by atoms with van der Waals surface area (Å²) in [7, 11) is 3.27. The number of carbonyl (C=O) groups excluding carboxylic acids is 1. The van der Waals surface area contributed by atoms with Gasteiger partial charge in [0.1, 0.15) is 0 Å². The van der Waals surface area contributed by atoms with E-state index in [4.69, 9.17) is 4.74 Å². The van der Waals surface area contributed by atoms with E-state index in [-0.39, 0.29) is 5.97 Å². The Morgan fingerprint density at radius 2 is 1.33 bits per heavy atom. The van der Waals surface area contributed by atoms with Gasteiger partial charge < -0.3 is 9.47 Å². The lowest BCUT2D eigenvalue weighted by Gasteiger charge is -2.15. The maximum atomic E-state index is 11.0. The van der Waals surface area contributed by atoms with Gasteiger partial charge >= 0.3 is 5.97 Å². The highest BCUT2D eigenvalue weighted by Gasteiger charge is 2.07. The molecular weight excluding hydrogens is 264 g/mol. The number of esters is 1. The Hall–Kier alpha value is -0.570. The van der Waals surface area contributed by atoms with Crippen LogP contribution in [0.3, 0.4) is 0 Å². The second-order valence-corrected chi connectivity index (χ2v) is 5.94. The highest BCUT2D eigenvalue weighted by molar-refractivity contribution is 5.68. The molecule has 1 atom stereocenters. The van der Waals surface area contributed by atoms with Crippen molar-refractivity contribution >= 4 is 5.97 Å². The molecule has 0 saturated carbocycles. The van der Waals surface area contributed by atoms with Gasteiger partial charge in [0, 0.05) is 13.5 Å². The van der Waals surface area contributed by atoms with Crippen molar-refractivity contribution in [3.05, 3.63) is 0 Å². The molecule has 0 spiro atoms. The molecule has 0 aromatic heterocycles. The van der Waals surface area contributed by atoms with E-state index < -0.39 is 0 Å². The van der Waals surface area contributed by atoms with Gasteiger partial charge in [-0.05, 0) is 19.3 Å². The van der Waals surface area contributed by atoms with Crippen LogP contribution in [-0.2, 0) is 14.3 Å². The van der Waals surface area contributed by atoms with Gasteiger partial charge in [-0.25, -0.2) is 0 Å². The Labute approximate surface area is 131 Å². The third kappa shape index (κ3) is 14.1. The smallest absolute Gasteiger partial charge is 0.305 e. The van der Waals surface area contributed by atoms with Crippen LogP contribution in [0.25, 0.3) is 0 Å². The summed E-state index contributed by atoms with van der Waals surface area (Å²) in [6.45, 7) is 2.26. The molecule has 0 fully saturated rings. The second-order valence-electron chi connectivity index (χ2n) is 5.94. The van der Waals surface area contributed by atoms with E-state index in [1.807, 2.05) is 7.11 Å². The minimum Gasteiger partial charge on any atom is -0.469 e. The van der Waals surface area contributed by atoms with Crippen LogP contribution in [0, 0.1) is 0 Å². The fourth-order valence-electron chi connectivity index (χ4n) is 2.63. The minimum absolute atomic E-state index is 0.0960. The molecule has 3 heteroatoms. The van der Waals surface area contributed by atoms with Crippen LogP contribution < -0.4 is 0 Å². The molecule has 0 rings (SSSR count). The topological polar surface area (TPSA) is 35.5 Å². The van der Waals surface area contributed by atoms with Gasteiger partial charge in [-0.3, -0.25) is 4.79 Å². The van der Waals surface area contributed by atoms with E-state index in [0.717, 1.165) is 25.7 Å². The second kappa shape index (κ2) is 15.8. The fraction of sp³-hybridized carbons (Fsp3) is 0.944. The number of ether oxygens (including phenoxy) is 2. The van der Waals surface area contributed by atoms with Gasteiger partial charge in [0.25, 0.3) is 0 Å². The van der Waals surface area contributed by atoms with Crippen LogP contribution in [0.2, 0.25) is 0 Å². The predicted molar refractivity (Wildman–Crippen MR) is 88.5 cm³/mol. The number of hydrogen-bond acceptors (Lipinski definition) is 3. The summed E-state index contributed by atoms with van der Waals surface area (Å²) >= 11 is 0. The monoisotopic (exact) mass is 300 g/mol.